The first-order chi connectivity index (χ1) is 10.5. The van der Waals surface area contributed by atoms with Crippen LogP contribution in [-0.2, 0) is 16.0 Å². The Morgan fingerprint density at radius 3 is 2.45 bits per heavy atom. The van der Waals surface area contributed by atoms with Crippen molar-refractivity contribution in [1.29, 1.82) is 0 Å². The number of alkyl halides is 1. The quantitative estimate of drug-likeness (QED) is 0.276. The van der Waals surface area contributed by atoms with Crippen LogP contribution in [0.1, 0.15) is 37.7 Å². The van der Waals surface area contributed by atoms with Crippen molar-refractivity contribution in [3.63, 3.8) is 0 Å². The van der Waals surface area contributed by atoms with Crippen molar-refractivity contribution in [1.82, 2.24) is 5.32 Å². The van der Waals surface area contributed by atoms with E-state index in [4.69, 9.17) is 5.11 Å². The Bertz CT molecular complexity index is 477. The number of carboxylic acid groups (broad SMARTS) is 1. The molecular weight excluding hydrogens is 508 g/mol. The largest absolute Gasteiger partial charge is 0.480 e. The molecule has 0 spiro atoms. The van der Waals surface area contributed by atoms with Crippen LogP contribution in [-0.4, -0.2) is 27.5 Å². The molecule has 0 aliphatic rings. The number of aliphatic carboxylic acids is 1. The molecule has 0 fully saturated rings. The third kappa shape index (κ3) is 8.92. The molecule has 0 saturated carbocycles. The summed E-state index contributed by atoms with van der Waals surface area (Å²) in [6, 6.07) is 8.29. The topological polar surface area (TPSA) is 66.4 Å². The number of carboxylic acids is 1. The van der Waals surface area contributed by atoms with E-state index in [2.05, 4.69) is 52.2 Å². The van der Waals surface area contributed by atoms with Gasteiger partial charge in [0.1, 0.15) is 3.92 Å². The molecule has 0 aliphatic heterocycles. The van der Waals surface area contributed by atoms with Gasteiger partial charge < -0.3 is 10.4 Å². The number of halogens is 2. The fourth-order valence-corrected chi connectivity index (χ4v) is 2.80. The first-order valence-electron chi connectivity index (χ1n) is 7.37. The Kier molecular flexibility index (Phi) is 10.0. The summed E-state index contributed by atoms with van der Waals surface area (Å²) >= 11 is 4.21. The lowest BCUT2D eigenvalue weighted by Gasteiger charge is -2.06. The SMILES string of the molecule is O=C(CCCCCC(I)C(=O)O)NCCc1ccc(I)cc1. The average Bonchev–Trinajstić information content (AvgIpc) is 2.48. The molecule has 0 radical (unpaired) electrons. The molecule has 1 amide bonds. The maximum absolute atomic E-state index is 11.7. The van der Waals surface area contributed by atoms with Crippen LogP contribution in [0.4, 0.5) is 0 Å². The zero-order chi connectivity index (χ0) is 16.4. The molecule has 2 N–H and O–H groups in total. The summed E-state index contributed by atoms with van der Waals surface area (Å²) in [5, 5.41) is 11.7. The Hall–Kier alpha value is -0.380. The van der Waals surface area contributed by atoms with Crippen LogP contribution in [0.15, 0.2) is 24.3 Å². The van der Waals surface area contributed by atoms with Gasteiger partial charge in [0.25, 0.3) is 0 Å². The number of nitrogens with one attached hydrogen (secondary N) is 1. The number of hydrogen-bond donors (Lipinski definition) is 2. The number of carbonyl (C=O) groups is 2. The van der Waals surface area contributed by atoms with Crippen molar-refractivity contribution in [2.24, 2.45) is 0 Å². The van der Waals surface area contributed by atoms with Gasteiger partial charge in [-0.25, -0.2) is 0 Å². The smallest absolute Gasteiger partial charge is 0.316 e. The fraction of sp³-hybridized carbons (Fsp3) is 0.500. The highest BCUT2D eigenvalue weighted by molar-refractivity contribution is 14.1. The summed E-state index contributed by atoms with van der Waals surface area (Å²) in [6.07, 6.45) is 4.61. The molecule has 1 atom stereocenters. The van der Waals surface area contributed by atoms with Gasteiger partial charge in [-0.15, -0.1) is 0 Å². The second-order valence-electron chi connectivity index (χ2n) is 5.13. The van der Waals surface area contributed by atoms with E-state index in [1.807, 2.05) is 22.6 Å². The molecule has 0 aromatic heterocycles. The predicted molar refractivity (Wildman–Crippen MR) is 104 cm³/mol. The van der Waals surface area contributed by atoms with E-state index in [9.17, 15) is 9.59 Å². The van der Waals surface area contributed by atoms with Gasteiger partial charge in [-0.3, -0.25) is 9.59 Å². The second-order valence-corrected chi connectivity index (χ2v) is 7.88. The van der Waals surface area contributed by atoms with Crippen LogP contribution in [0, 0.1) is 3.57 Å². The molecule has 22 heavy (non-hydrogen) atoms. The number of amides is 1. The maximum Gasteiger partial charge on any atom is 0.316 e. The minimum Gasteiger partial charge on any atom is -0.480 e. The molecule has 1 rings (SSSR count). The Balaban J connectivity index is 2.04. The number of carbonyl (C=O) groups excluding carboxylic acids is 1. The first kappa shape index (κ1) is 19.7. The molecule has 0 heterocycles. The van der Waals surface area contributed by atoms with Gasteiger partial charge in [-0.1, -0.05) is 47.6 Å². The van der Waals surface area contributed by atoms with Crippen molar-refractivity contribution in [3.05, 3.63) is 33.4 Å². The standard InChI is InChI=1S/C16H21I2NO3/c17-13-8-6-12(7-9-13)10-11-19-15(20)5-3-1-2-4-14(18)16(21)22/h6-9,14H,1-5,10-11H2,(H,19,20)(H,21,22). The monoisotopic (exact) mass is 529 g/mol. The van der Waals surface area contributed by atoms with Crippen LogP contribution in [0.25, 0.3) is 0 Å². The lowest BCUT2D eigenvalue weighted by atomic mass is 10.1. The number of benzene rings is 1. The molecule has 0 saturated heterocycles. The Morgan fingerprint density at radius 2 is 1.82 bits per heavy atom. The van der Waals surface area contributed by atoms with Crippen molar-refractivity contribution in [3.8, 4) is 0 Å². The molecule has 1 aromatic rings. The van der Waals surface area contributed by atoms with E-state index in [1.165, 1.54) is 9.13 Å². The van der Waals surface area contributed by atoms with Crippen molar-refractivity contribution >= 4 is 57.1 Å². The third-order valence-electron chi connectivity index (χ3n) is 3.28. The van der Waals surface area contributed by atoms with Gasteiger partial charge in [0, 0.05) is 16.5 Å². The Labute approximate surface area is 158 Å². The van der Waals surface area contributed by atoms with Gasteiger partial charge in [-0.2, -0.15) is 0 Å². The summed E-state index contributed by atoms with van der Waals surface area (Å²) in [4.78, 5) is 22.3. The number of rotatable bonds is 10. The van der Waals surface area contributed by atoms with E-state index in [0.717, 1.165) is 25.7 Å². The first-order valence-corrected chi connectivity index (χ1v) is 9.69. The summed E-state index contributed by atoms with van der Waals surface area (Å²) in [7, 11) is 0. The summed E-state index contributed by atoms with van der Waals surface area (Å²) in [5.41, 5.74) is 1.22. The average molecular weight is 529 g/mol. The molecule has 1 aromatic carbocycles. The van der Waals surface area contributed by atoms with Crippen LogP contribution in [0.3, 0.4) is 0 Å². The minimum atomic E-state index is -0.756. The lowest BCUT2D eigenvalue weighted by Crippen LogP contribution is -2.25. The molecular formula is C16H21I2NO3. The predicted octanol–water partition coefficient (Wildman–Crippen LogP) is 3.79. The van der Waals surface area contributed by atoms with Crippen molar-refractivity contribution < 1.29 is 14.7 Å². The molecule has 6 heteroatoms. The molecule has 122 valence electrons. The van der Waals surface area contributed by atoms with Crippen LogP contribution >= 0.6 is 45.2 Å². The fourth-order valence-electron chi connectivity index (χ4n) is 2.00. The zero-order valence-corrected chi connectivity index (χ0v) is 16.7. The summed E-state index contributed by atoms with van der Waals surface area (Å²) < 4.78 is 0.891. The number of hydrogen-bond acceptors (Lipinski definition) is 2. The second kappa shape index (κ2) is 11.2. The molecule has 1 unspecified atom stereocenters. The van der Waals surface area contributed by atoms with E-state index in [0.29, 0.717) is 19.4 Å². The van der Waals surface area contributed by atoms with E-state index in [-0.39, 0.29) is 9.83 Å². The summed E-state index contributed by atoms with van der Waals surface area (Å²) in [6.45, 7) is 0.661. The van der Waals surface area contributed by atoms with E-state index >= 15 is 0 Å². The molecule has 0 bridgehead atoms. The number of unbranched alkanes of at least 4 members (excludes halogenated alkanes) is 2. The van der Waals surface area contributed by atoms with Gasteiger partial charge in [0.05, 0.1) is 0 Å². The van der Waals surface area contributed by atoms with Crippen LogP contribution in [0.2, 0.25) is 0 Å². The van der Waals surface area contributed by atoms with Crippen molar-refractivity contribution in [2.45, 2.75) is 42.4 Å². The highest BCUT2D eigenvalue weighted by Gasteiger charge is 2.11. The zero-order valence-electron chi connectivity index (χ0n) is 12.4. The van der Waals surface area contributed by atoms with Crippen molar-refractivity contribution in [2.75, 3.05) is 6.54 Å². The van der Waals surface area contributed by atoms with Gasteiger partial charge >= 0.3 is 5.97 Å². The maximum atomic E-state index is 11.7. The van der Waals surface area contributed by atoms with Gasteiger partial charge in [0.15, 0.2) is 0 Å². The highest BCUT2D eigenvalue weighted by Crippen LogP contribution is 2.12. The van der Waals surface area contributed by atoms with E-state index < -0.39 is 5.97 Å². The lowest BCUT2D eigenvalue weighted by molar-refractivity contribution is -0.136. The summed E-state index contributed by atoms with van der Waals surface area (Å²) in [5.74, 6) is -0.677. The Morgan fingerprint density at radius 1 is 1.14 bits per heavy atom. The third-order valence-corrected chi connectivity index (χ3v) is 5.15. The molecule has 0 aliphatic carbocycles. The van der Waals surface area contributed by atoms with Crippen LogP contribution in [0.5, 0.6) is 0 Å². The van der Waals surface area contributed by atoms with Gasteiger partial charge in [0.2, 0.25) is 5.91 Å². The van der Waals surface area contributed by atoms with E-state index in [1.54, 1.807) is 0 Å². The van der Waals surface area contributed by atoms with Gasteiger partial charge in [-0.05, 0) is 59.5 Å². The molecule has 4 nitrogen and oxygen atoms in total. The normalized spacial score (nSPS) is 11.9. The minimum absolute atomic E-state index is 0.0785. The van der Waals surface area contributed by atoms with Crippen LogP contribution < -0.4 is 5.32 Å². The highest BCUT2D eigenvalue weighted by atomic mass is 127.